The summed E-state index contributed by atoms with van der Waals surface area (Å²) in [5.74, 6) is -0.0165. The Morgan fingerprint density at radius 2 is 1.95 bits per heavy atom. The Hall–Kier alpha value is -2.12. The summed E-state index contributed by atoms with van der Waals surface area (Å²) in [5, 5.41) is 21.3. The van der Waals surface area contributed by atoms with Crippen molar-refractivity contribution in [3.63, 3.8) is 0 Å². The van der Waals surface area contributed by atoms with Gasteiger partial charge in [-0.25, -0.2) is 0 Å². The fraction of sp³-hybridized carbons (Fsp3) is 0.412. The Balaban J connectivity index is 2.46. The van der Waals surface area contributed by atoms with E-state index in [1.54, 1.807) is 30.3 Å². The predicted octanol–water partition coefficient (Wildman–Crippen LogP) is 2.48. The molecule has 0 aliphatic carbocycles. The van der Waals surface area contributed by atoms with Crippen LogP contribution in [0.2, 0.25) is 0 Å². The van der Waals surface area contributed by atoms with E-state index >= 15 is 0 Å². The van der Waals surface area contributed by atoms with Crippen molar-refractivity contribution in [3.05, 3.63) is 41.5 Å². The molecule has 21 heavy (non-hydrogen) atoms. The minimum atomic E-state index is -0.507. The first-order valence-electron chi connectivity index (χ1n) is 7.24. The van der Waals surface area contributed by atoms with Gasteiger partial charge in [-0.1, -0.05) is 38.8 Å². The van der Waals surface area contributed by atoms with Crippen LogP contribution in [0.3, 0.4) is 0 Å². The molecule has 0 fully saturated rings. The number of carbonyl (C=O) groups excluding carboxylic acids is 1. The van der Waals surface area contributed by atoms with E-state index in [0.29, 0.717) is 5.56 Å². The third kappa shape index (κ3) is 5.80. The molecular formula is C17H22N2O2. The van der Waals surface area contributed by atoms with Gasteiger partial charge in [0.2, 0.25) is 5.91 Å². The minimum Gasteiger partial charge on any atom is -0.391 e. The van der Waals surface area contributed by atoms with Gasteiger partial charge in [-0.15, -0.1) is 0 Å². The number of hydrogen-bond donors (Lipinski definition) is 2. The first-order valence-corrected chi connectivity index (χ1v) is 7.24. The lowest BCUT2D eigenvalue weighted by Crippen LogP contribution is -2.35. The molecule has 2 N–H and O–H groups in total. The van der Waals surface area contributed by atoms with Crippen molar-refractivity contribution < 1.29 is 9.90 Å². The summed E-state index contributed by atoms with van der Waals surface area (Å²) in [5.41, 5.74) is 1.44. The molecule has 0 aliphatic heterocycles. The van der Waals surface area contributed by atoms with Crippen LogP contribution in [0.1, 0.15) is 37.8 Å². The number of benzene rings is 1. The molecule has 4 heteroatoms. The molecule has 0 aromatic heterocycles. The molecule has 1 atom stereocenters. The first-order chi connectivity index (χ1) is 10.1. The maximum absolute atomic E-state index is 11.7. The molecule has 0 saturated heterocycles. The molecule has 4 nitrogen and oxygen atoms in total. The monoisotopic (exact) mass is 286 g/mol. The third-order valence-electron chi connectivity index (χ3n) is 3.55. The number of aliphatic hydroxyl groups excluding tert-OH is 1. The number of amides is 1. The smallest absolute Gasteiger partial charge is 0.244 e. The molecule has 0 aliphatic rings. The Morgan fingerprint density at radius 3 is 2.48 bits per heavy atom. The minimum absolute atomic E-state index is 0.216. The highest BCUT2D eigenvalue weighted by atomic mass is 16.3. The molecule has 0 bridgehead atoms. The van der Waals surface area contributed by atoms with Crippen LogP contribution < -0.4 is 5.32 Å². The van der Waals surface area contributed by atoms with Gasteiger partial charge in [0.15, 0.2) is 0 Å². The Morgan fingerprint density at radius 1 is 1.33 bits per heavy atom. The van der Waals surface area contributed by atoms with Crippen LogP contribution in [0.25, 0.3) is 6.08 Å². The molecule has 1 amide bonds. The summed E-state index contributed by atoms with van der Waals surface area (Å²) in [4.78, 5) is 11.7. The van der Waals surface area contributed by atoms with Crippen molar-refractivity contribution in [1.29, 1.82) is 5.26 Å². The van der Waals surface area contributed by atoms with E-state index in [2.05, 4.69) is 5.32 Å². The fourth-order valence-corrected chi connectivity index (χ4v) is 2.10. The number of nitrogens with zero attached hydrogens (tertiary/aromatic N) is 1. The third-order valence-corrected chi connectivity index (χ3v) is 3.55. The zero-order valence-electron chi connectivity index (χ0n) is 12.5. The quantitative estimate of drug-likeness (QED) is 0.756. The van der Waals surface area contributed by atoms with Crippen molar-refractivity contribution in [1.82, 2.24) is 5.32 Å². The summed E-state index contributed by atoms with van der Waals surface area (Å²) >= 11 is 0. The fourth-order valence-electron chi connectivity index (χ4n) is 2.10. The number of nitrogens with one attached hydrogen (secondary N) is 1. The average molecular weight is 286 g/mol. The predicted molar refractivity (Wildman–Crippen MR) is 83.3 cm³/mol. The van der Waals surface area contributed by atoms with Gasteiger partial charge in [0.05, 0.1) is 17.7 Å². The zero-order chi connectivity index (χ0) is 15.7. The summed E-state index contributed by atoms with van der Waals surface area (Å²) in [6.07, 6.45) is 4.40. The molecule has 0 radical (unpaired) electrons. The van der Waals surface area contributed by atoms with E-state index in [0.717, 1.165) is 18.4 Å². The van der Waals surface area contributed by atoms with Crippen LogP contribution in [-0.4, -0.2) is 23.7 Å². The van der Waals surface area contributed by atoms with E-state index in [1.165, 1.54) is 6.08 Å². The summed E-state index contributed by atoms with van der Waals surface area (Å²) < 4.78 is 0. The van der Waals surface area contributed by atoms with E-state index in [9.17, 15) is 9.90 Å². The molecule has 1 rings (SSSR count). The molecule has 1 unspecified atom stereocenters. The Bertz CT molecular complexity index is 511. The second-order valence-corrected chi connectivity index (χ2v) is 4.96. The Labute approximate surface area is 126 Å². The van der Waals surface area contributed by atoms with Crippen LogP contribution >= 0.6 is 0 Å². The second kappa shape index (κ2) is 8.93. The van der Waals surface area contributed by atoms with Crippen molar-refractivity contribution in [2.24, 2.45) is 5.92 Å². The van der Waals surface area contributed by atoms with Crippen LogP contribution in [0, 0.1) is 17.2 Å². The number of carbonyl (C=O) groups is 1. The average Bonchev–Trinajstić information content (AvgIpc) is 2.52. The lowest BCUT2D eigenvalue weighted by Gasteiger charge is -2.19. The molecule has 0 saturated carbocycles. The van der Waals surface area contributed by atoms with E-state index < -0.39 is 6.10 Å². The Kier molecular flexibility index (Phi) is 7.20. The lowest BCUT2D eigenvalue weighted by atomic mass is 9.96. The van der Waals surface area contributed by atoms with E-state index in [4.69, 9.17) is 5.26 Å². The molecule has 0 heterocycles. The molecule has 1 aromatic rings. The SMILES string of the molecule is CCC(CC)C(O)CNC(=O)/C=C/c1ccc(C#N)cc1. The van der Waals surface area contributed by atoms with Crippen LogP contribution in [0.4, 0.5) is 0 Å². The van der Waals surface area contributed by atoms with Gasteiger partial charge < -0.3 is 10.4 Å². The van der Waals surface area contributed by atoms with Crippen molar-refractivity contribution in [3.8, 4) is 6.07 Å². The second-order valence-electron chi connectivity index (χ2n) is 4.96. The highest BCUT2D eigenvalue weighted by Gasteiger charge is 2.15. The van der Waals surface area contributed by atoms with Gasteiger partial charge in [-0.3, -0.25) is 4.79 Å². The number of hydrogen-bond acceptors (Lipinski definition) is 3. The van der Waals surface area contributed by atoms with Crippen molar-refractivity contribution in [2.45, 2.75) is 32.8 Å². The van der Waals surface area contributed by atoms with Gasteiger partial charge in [-0.2, -0.15) is 5.26 Å². The van der Waals surface area contributed by atoms with Crippen molar-refractivity contribution in [2.75, 3.05) is 6.54 Å². The van der Waals surface area contributed by atoms with Crippen molar-refractivity contribution >= 4 is 12.0 Å². The highest BCUT2D eigenvalue weighted by Crippen LogP contribution is 2.12. The van der Waals surface area contributed by atoms with E-state index in [1.807, 2.05) is 19.9 Å². The lowest BCUT2D eigenvalue weighted by molar-refractivity contribution is -0.117. The first kappa shape index (κ1) is 16.9. The highest BCUT2D eigenvalue weighted by molar-refractivity contribution is 5.91. The standard InChI is InChI=1S/C17H22N2O2/c1-3-15(4-2)16(20)12-19-17(21)10-9-13-5-7-14(11-18)8-6-13/h5-10,15-16,20H,3-4,12H2,1-2H3,(H,19,21)/b10-9+. The summed E-state index contributed by atoms with van der Waals surface area (Å²) in [6, 6.07) is 9.01. The number of nitriles is 1. The largest absolute Gasteiger partial charge is 0.391 e. The molecule has 1 aromatic carbocycles. The topological polar surface area (TPSA) is 73.1 Å². The van der Waals surface area contributed by atoms with Gasteiger partial charge in [-0.05, 0) is 29.7 Å². The molecule has 112 valence electrons. The normalized spacial score (nSPS) is 12.3. The van der Waals surface area contributed by atoms with Crippen LogP contribution in [-0.2, 0) is 4.79 Å². The summed E-state index contributed by atoms with van der Waals surface area (Å²) in [6.45, 7) is 4.33. The molecule has 0 spiro atoms. The maximum atomic E-state index is 11.7. The zero-order valence-corrected chi connectivity index (χ0v) is 12.5. The van der Waals surface area contributed by atoms with Crippen LogP contribution in [0.15, 0.2) is 30.3 Å². The number of aliphatic hydroxyl groups is 1. The maximum Gasteiger partial charge on any atom is 0.244 e. The molecular weight excluding hydrogens is 264 g/mol. The van der Waals surface area contributed by atoms with E-state index in [-0.39, 0.29) is 18.4 Å². The van der Waals surface area contributed by atoms with Gasteiger partial charge in [0.25, 0.3) is 0 Å². The van der Waals surface area contributed by atoms with Gasteiger partial charge >= 0.3 is 0 Å². The number of rotatable bonds is 7. The van der Waals surface area contributed by atoms with Gasteiger partial charge in [0.1, 0.15) is 0 Å². The summed E-state index contributed by atoms with van der Waals surface area (Å²) in [7, 11) is 0. The van der Waals surface area contributed by atoms with Gasteiger partial charge in [0, 0.05) is 12.6 Å². The van der Waals surface area contributed by atoms with Crippen LogP contribution in [0.5, 0.6) is 0 Å².